The van der Waals surface area contributed by atoms with Gasteiger partial charge >= 0.3 is 0 Å². The van der Waals surface area contributed by atoms with Gasteiger partial charge in [0, 0.05) is 0 Å². The molecular formula is C13H18O2. The van der Waals surface area contributed by atoms with Gasteiger partial charge in [0.05, 0.1) is 6.10 Å². The van der Waals surface area contributed by atoms with Crippen LogP contribution in [0.4, 0.5) is 0 Å². The van der Waals surface area contributed by atoms with Crippen LogP contribution in [0.1, 0.15) is 25.8 Å². The molecule has 2 heteroatoms. The van der Waals surface area contributed by atoms with Crippen LogP contribution in [0.3, 0.4) is 0 Å². The largest absolute Gasteiger partial charge is 0.389 e. The summed E-state index contributed by atoms with van der Waals surface area (Å²) < 4.78 is 0. The summed E-state index contributed by atoms with van der Waals surface area (Å²) in [5.41, 5.74) is -0.193. The third-order valence-corrected chi connectivity index (χ3v) is 2.42. The Labute approximate surface area is 90.9 Å². The summed E-state index contributed by atoms with van der Waals surface area (Å²) in [6.45, 7) is 3.60. The lowest BCUT2D eigenvalue weighted by Crippen LogP contribution is -2.18. The van der Waals surface area contributed by atoms with Crippen LogP contribution in [0, 0.1) is 0 Å². The first-order valence-electron chi connectivity index (χ1n) is 5.21. The number of aliphatic hydroxyl groups excluding tert-OH is 1. The fourth-order valence-electron chi connectivity index (χ4n) is 1.31. The maximum atomic E-state index is 10.1. The normalized spacial score (nSPS) is 17.6. The van der Waals surface area contributed by atoms with Crippen molar-refractivity contribution in [1.29, 1.82) is 0 Å². The van der Waals surface area contributed by atoms with E-state index in [0.29, 0.717) is 6.42 Å². The van der Waals surface area contributed by atoms with Crippen molar-refractivity contribution in [2.24, 2.45) is 0 Å². The highest BCUT2D eigenvalue weighted by Crippen LogP contribution is 2.21. The van der Waals surface area contributed by atoms with E-state index in [1.165, 1.54) is 0 Å². The number of aliphatic hydroxyl groups is 2. The Bertz CT molecular complexity index is 315. The van der Waals surface area contributed by atoms with E-state index in [4.69, 9.17) is 0 Å². The number of benzene rings is 1. The van der Waals surface area contributed by atoms with Gasteiger partial charge in [-0.1, -0.05) is 49.4 Å². The fourth-order valence-corrected chi connectivity index (χ4v) is 1.31. The average Bonchev–Trinajstić information content (AvgIpc) is 2.27. The number of hydrogen-bond acceptors (Lipinski definition) is 2. The molecule has 0 bridgehead atoms. The molecule has 0 heterocycles. The van der Waals surface area contributed by atoms with Crippen LogP contribution in [0.25, 0.3) is 0 Å². The van der Waals surface area contributed by atoms with E-state index in [-0.39, 0.29) is 0 Å². The van der Waals surface area contributed by atoms with Crippen LogP contribution in [-0.4, -0.2) is 16.3 Å². The van der Waals surface area contributed by atoms with Gasteiger partial charge in [0.25, 0.3) is 0 Å². The zero-order valence-electron chi connectivity index (χ0n) is 9.22. The van der Waals surface area contributed by atoms with Gasteiger partial charge in [0.1, 0.15) is 5.60 Å². The summed E-state index contributed by atoms with van der Waals surface area (Å²) >= 11 is 0. The lowest BCUT2D eigenvalue weighted by atomic mass is 9.95. The molecule has 0 radical (unpaired) electrons. The molecule has 0 spiro atoms. The first-order chi connectivity index (χ1) is 7.06. The quantitative estimate of drug-likeness (QED) is 0.742. The smallest absolute Gasteiger partial charge is 0.105 e. The minimum absolute atomic E-state index is 0.486. The molecule has 15 heavy (non-hydrogen) atoms. The molecule has 0 fully saturated rings. The van der Waals surface area contributed by atoms with Crippen LogP contribution in [0.2, 0.25) is 0 Å². The molecule has 0 amide bonds. The maximum absolute atomic E-state index is 10.1. The molecule has 0 aliphatic rings. The molecule has 1 aromatic carbocycles. The molecule has 2 nitrogen and oxygen atoms in total. The number of rotatable bonds is 4. The zero-order chi connectivity index (χ0) is 11.3. The Balaban J connectivity index is 2.80. The molecule has 2 atom stereocenters. The molecular weight excluding hydrogens is 188 g/mol. The molecule has 1 aromatic rings. The third-order valence-electron chi connectivity index (χ3n) is 2.42. The molecule has 0 saturated carbocycles. The third kappa shape index (κ3) is 3.50. The van der Waals surface area contributed by atoms with Gasteiger partial charge in [-0.15, -0.1) is 0 Å². The van der Waals surface area contributed by atoms with Crippen molar-refractivity contribution in [2.75, 3.05) is 0 Å². The lowest BCUT2D eigenvalue weighted by Gasteiger charge is -2.19. The van der Waals surface area contributed by atoms with Gasteiger partial charge in [-0.25, -0.2) is 0 Å². The topological polar surface area (TPSA) is 40.5 Å². The Morgan fingerprint density at radius 2 is 1.93 bits per heavy atom. The van der Waals surface area contributed by atoms with Crippen molar-refractivity contribution in [3.8, 4) is 0 Å². The van der Waals surface area contributed by atoms with Crippen LogP contribution in [0.5, 0.6) is 0 Å². The average molecular weight is 206 g/mol. The van der Waals surface area contributed by atoms with Crippen molar-refractivity contribution in [2.45, 2.75) is 32.0 Å². The minimum atomic E-state index is -1.02. The summed E-state index contributed by atoms with van der Waals surface area (Å²) in [7, 11) is 0. The van der Waals surface area contributed by atoms with Crippen molar-refractivity contribution in [3.63, 3.8) is 0 Å². The maximum Gasteiger partial charge on any atom is 0.105 e. The summed E-state index contributed by atoms with van der Waals surface area (Å²) in [5, 5.41) is 19.5. The standard InChI is InChI=1S/C13H18O2/c1-3-12(14)9-10-13(2,15)11-7-5-4-6-8-11/h4-10,12,14-15H,3H2,1-2H3/b10-9+. The van der Waals surface area contributed by atoms with Crippen LogP contribution < -0.4 is 0 Å². The van der Waals surface area contributed by atoms with Crippen molar-refractivity contribution < 1.29 is 10.2 Å². The molecule has 0 aliphatic heterocycles. The first kappa shape index (κ1) is 12.0. The zero-order valence-corrected chi connectivity index (χ0v) is 9.22. The van der Waals surface area contributed by atoms with Gasteiger partial charge < -0.3 is 10.2 Å². The van der Waals surface area contributed by atoms with E-state index in [0.717, 1.165) is 5.56 Å². The van der Waals surface area contributed by atoms with E-state index in [2.05, 4.69) is 0 Å². The van der Waals surface area contributed by atoms with Crippen LogP contribution in [-0.2, 0) is 5.60 Å². The molecule has 0 aliphatic carbocycles. The Morgan fingerprint density at radius 3 is 2.47 bits per heavy atom. The van der Waals surface area contributed by atoms with Gasteiger partial charge in [-0.05, 0) is 18.9 Å². The molecule has 0 aromatic heterocycles. The van der Waals surface area contributed by atoms with Gasteiger partial charge in [0.15, 0.2) is 0 Å². The summed E-state index contributed by atoms with van der Waals surface area (Å²) in [6, 6.07) is 9.40. The summed E-state index contributed by atoms with van der Waals surface area (Å²) in [4.78, 5) is 0. The highest BCUT2D eigenvalue weighted by molar-refractivity contribution is 5.26. The Hall–Kier alpha value is -1.12. The van der Waals surface area contributed by atoms with Crippen LogP contribution in [0.15, 0.2) is 42.5 Å². The van der Waals surface area contributed by atoms with E-state index >= 15 is 0 Å². The van der Waals surface area contributed by atoms with Gasteiger partial charge in [0.2, 0.25) is 0 Å². The number of hydrogen-bond donors (Lipinski definition) is 2. The summed E-state index contributed by atoms with van der Waals surface area (Å²) in [5.74, 6) is 0. The van der Waals surface area contributed by atoms with Gasteiger partial charge in [-0.2, -0.15) is 0 Å². The molecule has 0 saturated heterocycles. The van der Waals surface area contributed by atoms with E-state index in [1.807, 2.05) is 37.3 Å². The molecule has 2 unspecified atom stereocenters. The summed E-state index contributed by atoms with van der Waals surface area (Å²) in [6.07, 6.45) is 3.44. The van der Waals surface area contributed by atoms with Crippen molar-refractivity contribution in [3.05, 3.63) is 48.0 Å². The predicted octanol–water partition coefficient (Wildman–Crippen LogP) is 2.22. The van der Waals surface area contributed by atoms with E-state index in [1.54, 1.807) is 19.1 Å². The second-order valence-corrected chi connectivity index (χ2v) is 3.85. The van der Waals surface area contributed by atoms with Crippen LogP contribution >= 0.6 is 0 Å². The molecule has 1 rings (SSSR count). The Kier molecular flexibility index (Phi) is 4.06. The van der Waals surface area contributed by atoms with E-state index in [9.17, 15) is 10.2 Å². The first-order valence-corrected chi connectivity index (χ1v) is 5.21. The predicted molar refractivity (Wildman–Crippen MR) is 61.5 cm³/mol. The molecule has 82 valence electrons. The fraction of sp³-hybridized carbons (Fsp3) is 0.385. The van der Waals surface area contributed by atoms with E-state index < -0.39 is 11.7 Å². The highest BCUT2D eigenvalue weighted by atomic mass is 16.3. The second kappa shape index (κ2) is 5.10. The minimum Gasteiger partial charge on any atom is -0.389 e. The van der Waals surface area contributed by atoms with Crippen molar-refractivity contribution >= 4 is 0 Å². The lowest BCUT2D eigenvalue weighted by molar-refractivity contribution is 0.108. The Morgan fingerprint density at radius 1 is 1.33 bits per heavy atom. The van der Waals surface area contributed by atoms with Gasteiger partial charge in [-0.3, -0.25) is 0 Å². The van der Waals surface area contributed by atoms with Crippen molar-refractivity contribution in [1.82, 2.24) is 0 Å². The molecule has 2 N–H and O–H groups in total. The monoisotopic (exact) mass is 206 g/mol. The second-order valence-electron chi connectivity index (χ2n) is 3.85. The SMILES string of the molecule is CCC(O)/C=C/C(C)(O)c1ccccc1. The highest BCUT2D eigenvalue weighted by Gasteiger charge is 2.18.